The number of benzene rings is 2. The molecule has 0 N–H and O–H groups in total. The van der Waals surface area contributed by atoms with Crippen molar-refractivity contribution < 1.29 is 13.2 Å². The predicted molar refractivity (Wildman–Crippen MR) is 99.8 cm³/mol. The smallest absolute Gasteiger partial charge is 0.243 e. The van der Waals surface area contributed by atoms with Gasteiger partial charge >= 0.3 is 0 Å². The quantitative estimate of drug-likeness (QED) is 0.707. The summed E-state index contributed by atoms with van der Waals surface area (Å²) in [6.45, 7) is 0.952. The Bertz CT molecular complexity index is 1040. The first-order chi connectivity index (χ1) is 12.5. The van der Waals surface area contributed by atoms with Crippen LogP contribution in [-0.2, 0) is 17.1 Å². The van der Waals surface area contributed by atoms with E-state index in [9.17, 15) is 8.42 Å². The summed E-state index contributed by atoms with van der Waals surface area (Å²) < 4.78 is 34.6. The van der Waals surface area contributed by atoms with E-state index in [1.54, 1.807) is 35.7 Å². The molecule has 2 aromatic carbocycles. The first kappa shape index (κ1) is 17.1. The lowest BCUT2D eigenvalue weighted by Gasteiger charge is -2.17. The van der Waals surface area contributed by atoms with Crippen molar-refractivity contribution in [2.24, 2.45) is 7.05 Å². The molecule has 1 aromatic heterocycles. The molecule has 0 spiro atoms. The Kier molecular flexibility index (Phi) is 4.20. The SMILES string of the molecule is COc1ccc(S(=O)(=O)N2CCC(c3nc4ccccc4n3C)C2)cc1. The van der Waals surface area contributed by atoms with Crippen LogP contribution in [0.2, 0.25) is 0 Å². The molecule has 1 aliphatic heterocycles. The highest BCUT2D eigenvalue weighted by atomic mass is 32.2. The molecular weight excluding hydrogens is 350 g/mol. The molecule has 6 nitrogen and oxygen atoms in total. The number of aromatic nitrogens is 2. The van der Waals surface area contributed by atoms with Gasteiger partial charge < -0.3 is 9.30 Å². The number of rotatable bonds is 4. The summed E-state index contributed by atoms with van der Waals surface area (Å²) in [4.78, 5) is 5.03. The molecule has 1 saturated heterocycles. The molecule has 0 aliphatic carbocycles. The second-order valence-corrected chi connectivity index (χ2v) is 8.48. The van der Waals surface area contributed by atoms with E-state index >= 15 is 0 Å². The van der Waals surface area contributed by atoms with Crippen molar-refractivity contribution in [2.75, 3.05) is 20.2 Å². The minimum absolute atomic E-state index is 0.0976. The van der Waals surface area contributed by atoms with Crippen LogP contribution in [0.4, 0.5) is 0 Å². The van der Waals surface area contributed by atoms with E-state index in [0.29, 0.717) is 23.7 Å². The standard InChI is InChI=1S/C19H21N3O3S/c1-21-18-6-4-3-5-17(18)20-19(21)14-11-12-22(13-14)26(23,24)16-9-7-15(25-2)8-10-16/h3-10,14H,11-13H2,1-2H3. The van der Waals surface area contributed by atoms with Crippen molar-refractivity contribution in [1.29, 1.82) is 0 Å². The highest BCUT2D eigenvalue weighted by molar-refractivity contribution is 7.89. The molecule has 1 aliphatic rings. The molecule has 2 heterocycles. The van der Waals surface area contributed by atoms with Crippen molar-refractivity contribution in [1.82, 2.24) is 13.9 Å². The van der Waals surface area contributed by atoms with Crippen LogP contribution in [0.3, 0.4) is 0 Å². The maximum Gasteiger partial charge on any atom is 0.243 e. The number of nitrogens with zero attached hydrogens (tertiary/aromatic N) is 3. The maximum atomic E-state index is 12.9. The first-order valence-electron chi connectivity index (χ1n) is 8.56. The van der Waals surface area contributed by atoms with Gasteiger partial charge in [-0.25, -0.2) is 13.4 Å². The maximum absolute atomic E-state index is 12.9. The minimum Gasteiger partial charge on any atom is -0.497 e. The number of methoxy groups -OCH3 is 1. The zero-order valence-electron chi connectivity index (χ0n) is 14.8. The summed E-state index contributed by atoms with van der Waals surface area (Å²) in [5.74, 6) is 1.68. The van der Waals surface area contributed by atoms with Gasteiger partial charge in [-0.05, 0) is 42.8 Å². The highest BCUT2D eigenvalue weighted by Crippen LogP contribution is 2.32. The van der Waals surface area contributed by atoms with Gasteiger partial charge in [0, 0.05) is 26.1 Å². The summed E-state index contributed by atoms with van der Waals surface area (Å²) in [6, 6.07) is 14.5. The first-order valence-corrected chi connectivity index (χ1v) is 10.0. The average Bonchev–Trinajstić information content (AvgIpc) is 3.28. The predicted octanol–water partition coefficient (Wildman–Crippen LogP) is 2.76. The fourth-order valence-corrected chi connectivity index (χ4v) is 5.08. The molecule has 0 saturated carbocycles. The summed E-state index contributed by atoms with van der Waals surface area (Å²) in [5, 5.41) is 0. The Labute approximate surface area is 153 Å². The normalized spacial score (nSPS) is 18.5. The second-order valence-electron chi connectivity index (χ2n) is 6.54. The molecule has 136 valence electrons. The summed E-state index contributed by atoms with van der Waals surface area (Å²) in [5.41, 5.74) is 2.01. The number of hydrogen-bond donors (Lipinski definition) is 0. The zero-order chi connectivity index (χ0) is 18.3. The van der Waals surface area contributed by atoms with E-state index in [2.05, 4.69) is 4.57 Å². The van der Waals surface area contributed by atoms with Crippen LogP contribution in [-0.4, -0.2) is 42.5 Å². The third-order valence-electron chi connectivity index (χ3n) is 5.04. The Morgan fingerprint density at radius 1 is 1.12 bits per heavy atom. The highest BCUT2D eigenvalue weighted by Gasteiger charge is 2.35. The third kappa shape index (κ3) is 2.77. The van der Waals surface area contributed by atoms with Gasteiger partial charge in [-0.3, -0.25) is 0 Å². The zero-order valence-corrected chi connectivity index (χ0v) is 15.6. The van der Waals surface area contributed by atoms with Gasteiger partial charge in [0.25, 0.3) is 0 Å². The fraction of sp³-hybridized carbons (Fsp3) is 0.316. The van der Waals surface area contributed by atoms with Crippen LogP contribution in [0.1, 0.15) is 18.2 Å². The van der Waals surface area contributed by atoms with Crippen molar-refractivity contribution in [3.05, 3.63) is 54.4 Å². The van der Waals surface area contributed by atoms with Crippen LogP contribution < -0.4 is 4.74 Å². The molecule has 1 fully saturated rings. The van der Waals surface area contributed by atoms with Crippen LogP contribution in [0.15, 0.2) is 53.4 Å². The molecule has 3 aromatic rings. The largest absolute Gasteiger partial charge is 0.497 e. The molecule has 0 bridgehead atoms. The molecule has 26 heavy (non-hydrogen) atoms. The van der Waals surface area contributed by atoms with Crippen molar-refractivity contribution in [3.8, 4) is 5.75 Å². The molecule has 0 radical (unpaired) electrons. The van der Waals surface area contributed by atoms with Crippen LogP contribution in [0.25, 0.3) is 11.0 Å². The van der Waals surface area contributed by atoms with E-state index in [4.69, 9.17) is 9.72 Å². The van der Waals surface area contributed by atoms with E-state index in [-0.39, 0.29) is 5.92 Å². The Hall–Kier alpha value is -2.38. The van der Waals surface area contributed by atoms with Crippen LogP contribution in [0, 0.1) is 0 Å². The Morgan fingerprint density at radius 3 is 2.54 bits per heavy atom. The molecule has 0 amide bonds. The second kappa shape index (κ2) is 6.41. The summed E-state index contributed by atoms with van der Waals surface area (Å²) in [6.07, 6.45) is 0.770. The average molecular weight is 371 g/mol. The van der Waals surface area contributed by atoms with E-state index in [1.165, 1.54) is 0 Å². The fourth-order valence-electron chi connectivity index (χ4n) is 3.58. The molecular formula is C19H21N3O3S. The lowest BCUT2D eigenvalue weighted by atomic mass is 10.1. The number of ether oxygens (including phenoxy) is 1. The molecule has 7 heteroatoms. The van der Waals surface area contributed by atoms with Crippen molar-refractivity contribution in [2.45, 2.75) is 17.2 Å². The number of imidazole rings is 1. The van der Waals surface area contributed by atoms with Crippen LogP contribution >= 0.6 is 0 Å². The molecule has 1 atom stereocenters. The number of fused-ring (bicyclic) bond motifs is 1. The van der Waals surface area contributed by atoms with Gasteiger partial charge in [-0.1, -0.05) is 12.1 Å². The van der Waals surface area contributed by atoms with E-state index in [0.717, 1.165) is 23.3 Å². The van der Waals surface area contributed by atoms with Gasteiger partial charge in [-0.2, -0.15) is 4.31 Å². The van der Waals surface area contributed by atoms with E-state index < -0.39 is 10.0 Å². The van der Waals surface area contributed by atoms with Gasteiger partial charge in [0.05, 0.1) is 23.0 Å². The number of aryl methyl sites for hydroxylation is 1. The monoisotopic (exact) mass is 371 g/mol. The van der Waals surface area contributed by atoms with E-state index in [1.807, 2.05) is 31.3 Å². The van der Waals surface area contributed by atoms with Crippen LogP contribution in [0.5, 0.6) is 5.75 Å². The molecule has 1 unspecified atom stereocenters. The minimum atomic E-state index is -3.51. The Balaban J connectivity index is 1.60. The van der Waals surface area contributed by atoms with Gasteiger partial charge in [0.2, 0.25) is 10.0 Å². The van der Waals surface area contributed by atoms with Gasteiger partial charge in [0.15, 0.2) is 0 Å². The third-order valence-corrected chi connectivity index (χ3v) is 6.91. The number of hydrogen-bond acceptors (Lipinski definition) is 4. The summed E-state index contributed by atoms with van der Waals surface area (Å²) >= 11 is 0. The number of sulfonamides is 1. The van der Waals surface area contributed by atoms with Gasteiger partial charge in [-0.15, -0.1) is 0 Å². The van der Waals surface area contributed by atoms with Gasteiger partial charge in [0.1, 0.15) is 11.6 Å². The topological polar surface area (TPSA) is 64.4 Å². The van der Waals surface area contributed by atoms with Crippen molar-refractivity contribution >= 4 is 21.1 Å². The van der Waals surface area contributed by atoms with Crippen molar-refractivity contribution in [3.63, 3.8) is 0 Å². The Morgan fingerprint density at radius 2 is 1.85 bits per heavy atom. The summed E-state index contributed by atoms with van der Waals surface area (Å²) in [7, 11) is 0.0455. The number of para-hydroxylation sites is 2. The molecule has 4 rings (SSSR count). The lowest BCUT2D eigenvalue weighted by Crippen LogP contribution is -2.28. The lowest BCUT2D eigenvalue weighted by molar-refractivity contribution is 0.414.